The maximum absolute atomic E-state index is 12.5. The summed E-state index contributed by atoms with van der Waals surface area (Å²) in [5, 5.41) is 0. The van der Waals surface area contributed by atoms with Crippen LogP contribution in [0.4, 0.5) is 8.78 Å². The van der Waals surface area contributed by atoms with E-state index in [0.29, 0.717) is 12.1 Å². The van der Waals surface area contributed by atoms with Gasteiger partial charge in [-0.3, -0.25) is 11.3 Å². The van der Waals surface area contributed by atoms with Crippen molar-refractivity contribution in [3.8, 4) is 0 Å². The van der Waals surface area contributed by atoms with Gasteiger partial charge in [-0.05, 0) is 17.7 Å². The molecule has 0 bridgehead atoms. The summed E-state index contributed by atoms with van der Waals surface area (Å²) < 4.78 is 24.8. The predicted octanol–water partition coefficient (Wildman–Crippen LogP) is 1.77. The Hall–Kier alpha value is -0.420. The zero-order chi connectivity index (χ0) is 8.27. The van der Waals surface area contributed by atoms with Crippen molar-refractivity contribution in [3.63, 3.8) is 0 Å². The molecule has 13 heavy (non-hydrogen) atoms. The number of halogens is 4. The molecule has 0 atom stereocenters. The van der Waals surface area contributed by atoms with Crippen LogP contribution in [-0.4, -0.2) is 0 Å². The molecule has 1 rings (SSSR count). The van der Waals surface area contributed by atoms with Crippen molar-refractivity contribution in [1.29, 1.82) is 0 Å². The lowest BCUT2D eigenvalue weighted by Gasteiger charge is -1.99. The van der Waals surface area contributed by atoms with Crippen molar-refractivity contribution >= 4 is 24.8 Å². The van der Waals surface area contributed by atoms with Gasteiger partial charge < -0.3 is 0 Å². The maximum Gasteiger partial charge on any atom is 0.159 e. The van der Waals surface area contributed by atoms with E-state index in [1.54, 1.807) is 0 Å². The monoisotopic (exact) mass is 230 g/mol. The first-order chi connectivity index (χ1) is 5.24. The van der Waals surface area contributed by atoms with E-state index < -0.39 is 11.6 Å². The molecular formula is C7H10Cl2F2N2. The van der Waals surface area contributed by atoms with Crippen molar-refractivity contribution < 1.29 is 8.78 Å². The summed E-state index contributed by atoms with van der Waals surface area (Å²) in [5.74, 6) is 3.29. The third-order valence-corrected chi connectivity index (χ3v) is 1.29. The van der Waals surface area contributed by atoms with Crippen molar-refractivity contribution in [3.05, 3.63) is 35.4 Å². The van der Waals surface area contributed by atoms with Crippen molar-refractivity contribution in [1.82, 2.24) is 5.43 Å². The summed E-state index contributed by atoms with van der Waals surface area (Å²) in [6.45, 7) is 0.331. The Morgan fingerprint density at radius 1 is 1.15 bits per heavy atom. The van der Waals surface area contributed by atoms with E-state index in [0.717, 1.165) is 12.1 Å². The van der Waals surface area contributed by atoms with Gasteiger partial charge in [-0.1, -0.05) is 6.07 Å². The van der Waals surface area contributed by atoms with Crippen LogP contribution in [0.5, 0.6) is 0 Å². The largest absolute Gasteiger partial charge is 0.271 e. The second-order valence-electron chi connectivity index (χ2n) is 2.13. The first-order valence-corrected chi connectivity index (χ1v) is 3.11. The lowest BCUT2D eigenvalue weighted by Crippen LogP contribution is -2.20. The molecule has 0 amide bonds. The van der Waals surface area contributed by atoms with E-state index >= 15 is 0 Å². The van der Waals surface area contributed by atoms with Gasteiger partial charge in [-0.15, -0.1) is 24.8 Å². The van der Waals surface area contributed by atoms with Crippen LogP contribution in [0.2, 0.25) is 0 Å². The highest BCUT2D eigenvalue weighted by atomic mass is 35.5. The molecule has 1 aromatic carbocycles. The average molecular weight is 231 g/mol. The van der Waals surface area contributed by atoms with Gasteiger partial charge in [0.25, 0.3) is 0 Å². The Balaban J connectivity index is 0. The Bertz CT molecular complexity index is 258. The topological polar surface area (TPSA) is 38.0 Å². The minimum atomic E-state index is -0.849. The van der Waals surface area contributed by atoms with Gasteiger partial charge in [0.05, 0.1) is 0 Å². The number of hydrazine groups is 1. The molecule has 76 valence electrons. The molecule has 0 spiro atoms. The van der Waals surface area contributed by atoms with Gasteiger partial charge in [0, 0.05) is 6.54 Å². The third kappa shape index (κ3) is 4.38. The Kier molecular flexibility index (Phi) is 8.15. The predicted molar refractivity (Wildman–Crippen MR) is 51.9 cm³/mol. The van der Waals surface area contributed by atoms with Crippen LogP contribution >= 0.6 is 24.8 Å². The van der Waals surface area contributed by atoms with Gasteiger partial charge in [0.15, 0.2) is 11.6 Å². The summed E-state index contributed by atoms with van der Waals surface area (Å²) in [6, 6.07) is 3.65. The van der Waals surface area contributed by atoms with Gasteiger partial charge in [-0.25, -0.2) is 8.78 Å². The summed E-state index contributed by atoms with van der Waals surface area (Å²) in [6.07, 6.45) is 0. The van der Waals surface area contributed by atoms with Gasteiger partial charge >= 0.3 is 0 Å². The van der Waals surface area contributed by atoms with Gasteiger partial charge in [-0.2, -0.15) is 0 Å². The molecule has 0 heterocycles. The van der Waals surface area contributed by atoms with Crippen LogP contribution in [-0.2, 0) is 6.54 Å². The quantitative estimate of drug-likeness (QED) is 0.601. The Morgan fingerprint density at radius 3 is 2.23 bits per heavy atom. The average Bonchev–Trinajstić information content (AvgIpc) is 1.98. The zero-order valence-corrected chi connectivity index (χ0v) is 8.22. The molecule has 6 heteroatoms. The summed E-state index contributed by atoms with van der Waals surface area (Å²) in [4.78, 5) is 0. The smallest absolute Gasteiger partial charge is 0.159 e. The van der Waals surface area contributed by atoms with E-state index in [1.807, 2.05) is 0 Å². The second-order valence-corrected chi connectivity index (χ2v) is 2.13. The molecule has 0 radical (unpaired) electrons. The van der Waals surface area contributed by atoms with E-state index in [4.69, 9.17) is 5.84 Å². The van der Waals surface area contributed by atoms with Crippen LogP contribution in [0, 0.1) is 11.6 Å². The third-order valence-electron chi connectivity index (χ3n) is 1.29. The minimum absolute atomic E-state index is 0. The SMILES string of the molecule is Cl.Cl.NNCc1ccc(F)c(F)c1. The highest BCUT2D eigenvalue weighted by molar-refractivity contribution is 5.85. The fourth-order valence-electron chi connectivity index (χ4n) is 0.767. The fourth-order valence-corrected chi connectivity index (χ4v) is 0.767. The van der Waals surface area contributed by atoms with Gasteiger partial charge in [0.2, 0.25) is 0 Å². The van der Waals surface area contributed by atoms with Crippen LogP contribution in [0.3, 0.4) is 0 Å². The molecular weight excluding hydrogens is 221 g/mol. The minimum Gasteiger partial charge on any atom is -0.271 e. The molecule has 0 saturated carbocycles. The van der Waals surface area contributed by atoms with Crippen LogP contribution in [0.25, 0.3) is 0 Å². The highest BCUT2D eigenvalue weighted by Crippen LogP contribution is 2.07. The molecule has 0 unspecified atom stereocenters. The summed E-state index contributed by atoms with van der Waals surface area (Å²) >= 11 is 0. The standard InChI is InChI=1S/C7H8F2N2.2ClH/c8-6-2-1-5(4-11-10)3-7(6)9;;/h1-3,11H,4,10H2;2*1H. The van der Waals surface area contributed by atoms with Crippen LogP contribution < -0.4 is 11.3 Å². The van der Waals surface area contributed by atoms with Crippen molar-refractivity contribution in [2.45, 2.75) is 6.54 Å². The molecule has 3 N–H and O–H groups in total. The van der Waals surface area contributed by atoms with E-state index in [-0.39, 0.29) is 24.8 Å². The molecule has 0 aliphatic rings. The Morgan fingerprint density at radius 2 is 1.77 bits per heavy atom. The normalized spacial score (nSPS) is 8.54. The van der Waals surface area contributed by atoms with E-state index in [9.17, 15) is 8.78 Å². The summed E-state index contributed by atoms with van der Waals surface area (Å²) in [5.41, 5.74) is 2.96. The second kappa shape index (κ2) is 7.03. The molecule has 0 aliphatic carbocycles. The fraction of sp³-hybridized carbons (Fsp3) is 0.143. The summed E-state index contributed by atoms with van der Waals surface area (Å²) in [7, 11) is 0. The van der Waals surface area contributed by atoms with Crippen LogP contribution in [0.1, 0.15) is 5.56 Å². The number of nitrogens with two attached hydrogens (primary N) is 1. The first kappa shape index (κ1) is 15.1. The van der Waals surface area contributed by atoms with E-state index in [2.05, 4.69) is 5.43 Å². The van der Waals surface area contributed by atoms with Crippen LogP contribution in [0.15, 0.2) is 18.2 Å². The number of hydrogen-bond acceptors (Lipinski definition) is 2. The highest BCUT2D eigenvalue weighted by Gasteiger charge is 2.00. The number of nitrogens with one attached hydrogen (secondary N) is 1. The van der Waals surface area contributed by atoms with Gasteiger partial charge in [0.1, 0.15) is 0 Å². The first-order valence-electron chi connectivity index (χ1n) is 3.11. The molecule has 1 aromatic rings. The lowest BCUT2D eigenvalue weighted by molar-refractivity contribution is 0.506. The molecule has 0 fully saturated rings. The van der Waals surface area contributed by atoms with E-state index in [1.165, 1.54) is 6.07 Å². The van der Waals surface area contributed by atoms with Crippen molar-refractivity contribution in [2.24, 2.45) is 5.84 Å². The Labute approximate surface area is 87.3 Å². The molecule has 0 aliphatic heterocycles. The molecule has 2 nitrogen and oxygen atoms in total. The maximum atomic E-state index is 12.5. The number of rotatable bonds is 2. The number of benzene rings is 1. The van der Waals surface area contributed by atoms with Crippen molar-refractivity contribution in [2.75, 3.05) is 0 Å². The zero-order valence-electron chi connectivity index (χ0n) is 6.59. The molecule has 0 saturated heterocycles. The molecule has 0 aromatic heterocycles. The lowest BCUT2D eigenvalue weighted by atomic mass is 10.2. The number of hydrogen-bond donors (Lipinski definition) is 2.